The molecule has 1 unspecified atom stereocenters. The smallest absolute Gasteiger partial charge is 0.421 e. The minimum absolute atomic E-state index is 0.0133. The Morgan fingerprint density at radius 3 is 1.48 bits per heavy atom. The van der Waals surface area contributed by atoms with E-state index < -0.39 is 32.4 Å². The van der Waals surface area contributed by atoms with Crippen LogP contribution < -0.4 is 11.5 Å². The van der Waals surface area contributed by atoms with E-state index in [0.29, 0.717) is 12.8 Å². The molecule has 0 aliphatic rings. The van der Waals surface area contributed by atoms with E-state index in [0.717, 1.165) is 12.8 Å². The molecule has 0 spiro atoms. The average molecular weight is 595 g/mol. The Kier molecular flexibility index (Phi) is 25.5. The summed E-state index contributed by atoms with van der Waals surface area (Å²) in [7, 11) is -4.15. The van der Waals surface area contributed by atoms with Crippen LogP contribution in [0.5, 0.6) is 0 Å². The lowest BCUT2D eigenvalue weighted by Crippen LogP contribution is -2.61. The summed E-state index contributed by atoms with van der Waals surface area (Å²) in [6.07, 6.45) is 19.5. The van der Waals surface area contributed by atoms with Crippen LogP contribution in [-0.2, 0) is 19.7 Å². The third-order valence-corrected chi connectivity index (χ3v) is 7.90. The highest BCUT2D eigenvalue weighted by molar-refractivity contribution is 7.85. The molecule has 11 heteroatoms. The Morgan fingerprint density at radius 2 is 1.15 bits per heavy atom. The summed E-state index contributed by atoms with van der Waals surface area (Å²) in [6.45, 7) is 6.28. The number of hydrogen-bond donors (Lipinski definition) is 4. The molecule has 0 radical (unpaired) electrons. The second-order valence-electron chi connectivity index (χ2n) is 11.3. The largest absolute Gasteiger partial charge is 0.480 e. The van der Waals surface area contributed by atoms with Gasteiger partial charge in [0.1, 0.15) is 0 Å². The van der Waals surface area contributed by atoms with Crippen LogP contribution in [0.25, 0.3) is 0 Å². The van der Waals surface area contributed by atoms with Gasteiger partial charge in [0.25, 0.3) is 10.1 Å². The lowest BCUT2D eigenvalue weighted by Gasteiger charge is -2.32. The monoisotopic (exact) mass is 594 g/mol. The van der Waals surface area contributed by atoms with Crippen LogP contribution >= 0.6 is 0 Å². The Hall–Kier alpha value is -1.56. The number of hydrogen-bond acceptors (Lipinski definition) is 6. The van der Waals surface area contributed by atoms with Gasteiger partial charge in [-0.1, -0.05) is 111 Å². The van der Waals surface area contributed by atoms with Gasteiger partial charge in [-0.05, 0) is 18.8 Å². The van der Waals surface area contributed by atoms with Crippen molar-refractivity contribution in [3.05, 3.63) is 0 Å². The van der Waals surface area contributed by atoms with E-state index in [4.69, 9.17) is 15.4 Å². The van der Waals surface area contributed by atoms with Crippen molar-refractivity contribution in [3.8, 4) is 0 Å². The quantitative estimate of drug-likeness (QED) is 0.0595. The predicted molar refractivity (Wildman–Crippen MR) is 161 cm³/mol. The fourth-order valence-corrected chi connectivity index (χ4v) is 5.06. The first-order chi connectivity index (χ1) is 18.8. The Balaban J connectivity index is 0. The molecular formula is C29H60N3O7S+. The van der Waals surface area contributed by atoms with Crippen LogP contribution in [0.3, 0.4) is 0 Å². The SMILES string of the molecule is CCCCCCCCCCCCCCCCCC(=O)[N+](CCCS(=O)(=O)O)(CCC(C)C)C(N)=O.NCC(=O)O. The van der Waals surface area contributed by atoms with Gasteiger partial charge in [-0.25, -0.2) is 9.59 Å². The van der Waals surface area contributed by atoms with Crippen LogP contribution in [0.1, 0.15) is 136 Å². The molecule has 6 N–H and O–H groups in total. The highest BCUT2D eigenvalue weighted by Gasteiger charge is 2.42. The number of amides is 3. The molecule has 0 aromatic carbocycles. The predicted octanol–water partition coefficient (Wildman–Crippen LogP) is 6.02. The molecule has 0 aliphatic heterocycles. The molecule has 0 rings (SSSR count). The van der Waals surface area contributed by atoms with Crippen LogP contribution in [0.15, 0.2) is 0 Å². The standard InChI is InChI=1S/C27H54N2O5S.C2H5NO2/c1-4-5-6-7-8-9-10-11-12-13-14-15-16-17-18-20-26(30)29(27(28)31,23-21-25(2)3)22-19-24-35(32,33)34;3-1-2(4)5/h25H,4-24H2,1-3H3,(H2-,28,31,32,33,34);1,3H2,(H,4,5)/p+1. The number of nitrogens with two attached hydrogens (primary N) is 2. The van der Waals surface area contributed by atoms with Crippen molar-refractivity contribution in [1.82, 2.24) is 0 Å². The second-order valence-corrected chi connectivity index (χ2v) is 12.8. The number of primary amides is 1. The Labute approximate surface area is 244 Å². The van der Waals surface area contributed by atoms with Gasteiger partial charge in [0, 0.05) is 6.42 Å². The first-order valence-electron chi connectivity index (χ1n) is 15.4. The first kappa shape index (κ1) is 40.6. The maximum atomic E-state index is 13.1. The molecule has 0 bridgehead atoms. The summed E-state index contributed by atoms with van der Waals surface area (Å²) in [5, 5.41) is 7.60. The lowest BCUT2D eigenvalue weighted by molar-refractivity contribution is -0.774. The molecule has 0 saturated carbocycles. The van der Waals surface area contributed by atoms with E-state index in [1.807, 2.05) is 13.8 Å². The summed E-state index contributed by atoms with van der Waals surface area (Å²) >= 11 is 0. The van der Waals surface area contributed by atoms with Crippen molar-refractivity contribution in [2.24, 2.45) is 17.4 Å². The minimum Gasteiger partial charge on any atom is -0.480 e. The Morgan fingerprint density at radius 1 is 0.750 bits per heavy atom. The van der Waals surface area contributed by atoms with Crippen molar-refractivity contribution >= 4 is 28.0 Å². The van der Waals surface area contributed by atoms with E-state index in [9.17, 15) is 22.8 Å². The summed E-state index contributed by atoms with van der Waals surface area (Å²) in [4.78, 5) is 34.7. The molecule has 238 valence electrons. The van der Waals surface area contributed by atoms with Gasteiger partial charge in [0.2, 0.25) is 0 Å². The average Bonchev–Trinajstić information content (AvgIpc) is 2.87. The number of quaternary nitrogens is 1. The van der Waals surface area contributed by atoms with E-state index in [1.54, 1.807) is 0 Å². The molecule has 0 saturated heterocycles. The van der Waals surface area contributed by atoms with Gasteiger partial charge in [-0.2, -0.15) is 12.9 Å². The lowest BCUT2D eigenvalue weighted by atomic mass is 10.0. The van der Waals surface area contributed by atoms with E-state index in [-0.39, 0.29) is 44.3 Å². The van der Waals surface area contributed by atoms with Crippen molar-refractivity contribution in [3.63, 3.8) is 0 Å². The Bertz CT molecular complexity index is 776. The van der Waals surface area contributed by atoms with Gasteiger partial charge in [0.15, 0.2) is 0 Å². The topological polar surface area (TPSA) is 178 Å². The number of carbonyl (C=O) groups is 3. The molecule has 0 aromatic heterocycles. The molecule has 1 atom stereocenters. The van der Waals surface area contributed by atoms with Crippen molar-refractivity contribution in [2.45, 2.75) is 136 Å². The number of rotatable bonds is 24. The zero-order valence-electron chi connectivity index (χ0n) is 25.6. The van der Waals surface area contributed by atoms with Gasteiger partial charge in [-0.15, -0.1) is 0 Å². The zero-order valence-corrected chi connectivity index (χ0v) is 26.4. The molecule has 0 heterocycles. The normalized spacial score (nSPS) is 12.9. The minimum atomic E-state index is -4.15. The van der Waals surface area contributed by atoms with Gasteiger partial charge >= 0.3 is 17.9 Å². The van der Waals surface area contributed by atoms with Crippen molar-refractivity contribution < 1.29 is 36.9 Å². The van der Waals surface area contributed by atoms with Crippen LogP contribution in [-0.4, -0.2) is 65.9 Å². The molecule has 3 amide bonds. The molecule has 0 aromatic rings. The number of carbonyl (C=O) groups excluding carboxylic acids is 2. The van der Waals surface area contributed by atoms with E-state index >= 15 is 0 Å². The summed E-state index contributed by atoms with van der Waals surface area (Å²) < 4.78 is 30.7. The highest BCUT2D eigenvalue weighted by atomic mass is 32.2. The van der Waals surface area contributed by atoms with Crippen LogP contribution in [0.4, 0.5) is 4.79 Å². The zero-order chi connectivity index (χ0) is 30.9. The van der Waals surface area contributed by atoms with E-state index in [1.165, 1.54) is 77.0 Å². The van der Waals surface area contributed by atoms with Gasteiger partial charge in [0.05, 0.1) is 31.8 Å². The number of nitrogens with zero attached hydrogens (tertiary/aromatic N) is 1. The summed E-state index contributed by atoms with van der Waals surface area (Å²) in [6, 6.07) is -0.730. The number of aliphatic carboxylic acids is 1. The van der Waals surface area contributed by atoms with E-state index in [2.05, 4.69) is 12.7 Å². The number of imide groups is 1. The molecule has 0 fully saturated rings. The van der Waals surface area contributed by atoms with Crippen LogP contribution in [0, 0.1) is 5.92 Å². The highest BCUT2D eigenvalue weighted by Crippen LogP contribution is 2.19. The summed E-state index contributed by atoms with van der Waals surface area (Å²) in [5.41, 5.74) is 10.2. The summed E-state index contributed by atoms with van der Waals surface area (Å²) in [5.74, 6) is -1.39. The van der Waals surface area contributed by atoms with Gasteiger partial charge < -0.3 is 16.6 Å². The number of urea groups is 1. The molecule has 40 heavy (non-hydrogen) atoms. The maximum absolute atomic E-state index is 13.1. The van der Waals surface area contributed by atoms with Crippen molar-refractivity contribution in [2.75, 3.05) is 25.4 Å². The second kappa shape index (κ2) is 25.2. The number of unbranched alkanes of at least 4 members (excludes halogenated alkanes) is 14. The third kappa shape index (κ3) is 24.3. The maximum Gasteiger partial charge on any atom is 0.421 e. The third-order valence-electron chi connectivity index (χ3n) is 7.10. The fraction of sp³-hybridized carbons (Fsp3) is 0.897. The first-order valence-corrected chi connectivity index (χ1v) is 17.0. The molecular weight excluding hydrogens is 534 g/mol. The molecule has 0 aliphatic carbocycles. The fourth-order valence-electron chi connectivity index (χ4n) is 4.56. The number of carboxylic acids is 1. The number of carboxylic acid groups (broad SMARTS) is 1. The van der Waals surface area contributed by atoms with Gasteiger partial charge in [-0.3, -0.25) is 9.35 Å². The van der Waals surface area contributed by atoms with Crippen molar-refractivity contribution in [1.29, 1.82) is 0 Å². The molecule has 10 nitrogen and oxygen atoms in total. The van der Waals surface area contributed by atoms with Crippen LogP contribution in [0.2, 0.25) is 0 Å².